The van der Waals surface area contributed by atoms with E-state index in [2.05, 4.69) is 10.3 Å². The average Bonchev–Trinajstić information content (AvgIpc) is 2.74. The smallest absolute Gasteiger partial charge is 0.252 e. The van der Waals surface area contributed by atoms with Crippen molar-refractivity contribution in [2.24, 2.45) is 5.73 Å². The van der Waals surface area contributed by atoms with E-state index in [4.69, 9.17) is 10.5 Å². The Hall–Kier alpha value is -3.52. The summed E-state index contributed by atoms with van der Waals surface area (Å²) in [6, 6.07) is 13.0. The van der Waals surface area contributed by atoms with Crippen LogP contribution in [0.4, 0.5) is 14.5 Å². The number of nitrogens with zero attached hydrogens (tertiary/aromatic N) is 2. The zero-order valence-corrected chi connectivity index (χ0v) is 18.1. The van der Waals surface area contributed by atoms with E-state index in [9.17, 15) is 13.6 Å². The fraction of sp³-hybridized carbons (Fsp3) is 0.250. The van der Waals surface area contributed by atoms with Gasteiger partial charge in [-0.05, 0) is 50.0 Å². The standard InChI is InChI=1S/C24H26F2N4O2/c1-30(2)10-11-32-18-8-6-16(7-9-18)12-17-13-23(20(15-28-17)24(27)31)29-14-19-21(25)4-3-5-22(19)26/h3-9,13,15H,10-12,14H2,1-2H3,(H2,27,31)(H,28,29). The number of nitrogens with one attached hydrogen (secondary N) is 1. The average molecular weight is 440 g/mol. The molecule has 0 unspecified atom stereocenters. The fourth-order valence-corrected chi connectivity index (χ4v) is 3.08. The molecule has 0 aliphatic rings. The number of halogens is 2. The predicted octanol–water partition coefficient (Wildman–Crippen LogP) is 3.60. The van der Waals surface area contributed by atoms with Gasteiger partial charge in [-0.3, -0.25) is 9.78 Å². The Balaban J connectivity index is 1.72. The molecule has 32 heavy (non-hydrogen) atoms. The van der Waals surface area contributed by atoms with Crippen LogP contribution in [-0.4, -0.2) is 43.0 Å². The van der Waals surface area contributed by atoms with Crippen LogP contribution < -0.4 is 15.8 Å². The monoisotopic (exact) mass is 440 g/mol. The lowest BCUT2D eigenvalue weighted by Crippen LogP contribution is -2.19. The molecule has 0 aliphatic carbocycles. The number of ether oxygens (including phenoxy) is 1. The third-order valence-corrected chi connectivity index (χ3v) is 4.86. The lowest BCUT2D eigenvalue weighted by molar-refractivity contribution is 0.100. The number of hydrogen-bond acceptors (Lipinski definition) is 5. The SMILES string of the molecule is CN(C)CCOc1ccc(Cc2cc(NCc3c(F)cccc3F)c(C(N)=O)cn2)cc1. The van der Waals surface area contributed by atoms with Crippen LogP contribution in [0.1, 0.15) is 27.2 Å². The number of nitrogens with two attached hydrogens (primary N) is 1. The highest BCUT2D eigenvalue weighted by Crippen LogP contribution is 2.21. The van der Waals surface area contributed by atoms with Crippen molar-refractivity contribution in [1.29, 1.82) is 0 Å². The van der Waals surface area contributed by atoms with Crippen molar-refractivity contribution in [3.05, 3.63) is 88.7 Å². The van der Waals surface area contributed by atoms with E-state index in [1.54, 1.807) is 6.07 Å². The lowest BCUT2D eigenvalue weighted by atomic mass is 10.1. The summed E-state index contributed by atoms with van der Waals surface area (Å²) < 4.78 is 33.6. The van der Waals surface area contributed by atoms with Gasteiger partial charge < -0.3 is 20.7 Å². The molecule has 0 saturated heterocycles. The first kappa shape index (κ1) is 23.1. The Bertz CT molecular complexity index is 1050. The van der Waals surface area contributed by atoms with Gasteiger partial charge in [-0.25, -0.2) is 8.78 Å². The molecular weight excluding hydrogens is 414 g/mol. The first-order valence-corrected chi connectivity index (χ1v) is 10.2. The van der Waals surface area contributed by atoms with Crippen molar-refractivity contribution < 1.29 is 18.3 Å². The van der Waals surface area contributed by atoms with Crippen LogP contribution in [0.5, 0.6) is 5.75 Å². The summed E-state index contributed by atoms with van der Waals surface area (Å²) in [6.07, 6.45) is 1.87. The van der Waals surface area contributed by atoms with Crippen molar-refractivity contribution in [2.75, 3.05) is 32.6 Å². The number of likely N-dealkylation sites (N-methyl/N-ethyl adjacent to an activating group) is 1. The summed E-state index contributed by atoms with van der Waals surface area (Å²) in [5.41, 5.74) is 7.50. The largest absolute Gasteiger partial charge is 0.492 e. The van der Waals surface area contributed by atoms with E-state index in [0.29, 0.717) is 24.4 Å². The molecule has 0 saturated carbocycles. The number of hydrogen-bond donors (Lipinski definition) is 2. The molecule has 0 spiro atoms. The first-order valence-electron chi connectivity index (χ1n) is 10.2. The maximum absolute atomic E-state index is 13.9. The highest BCUT2D eigenvalue weighted by Gasteiger charge is 2.13. The van der Waals surface area contributed by atoms with Gasteiger partial charge in [0.1, 0.15) is 24.0 Å². The van der Waals surface area contributed by atoms with Crippen molar-refractivity contribution in [3.8, 4) is 5.75 Å². The summed E-state index contributed by atoms with van der Waals surface area (Å²) in [4.78, 5) is 18.1. The van der Waals surface area contributed by atoms with E-state index < -0.39 is 17.5 Å². The summed E-state index contributed by atoms with van der Waals surface area (Å²) >= 11 is 0. The van der Waals surface area contributed by atoms with Crippen LogP contribution in [0.3, 0.4) is 0 Å². The van der Waals surface area contributed by atoms with Crippen molar-refractivity contribution in [1.82, 2.24) is 9.88 Å². The Morgan fingerprint density at radius 2 is 1.81 bits per heavy atom. The van der Waals surface area contributed by atoms with Gasteiger partial charge in [0, 0.05) is 37.0 Å². The van der Waals surface area contributed by atoms with E-state index >= 15 is 0 Å². The van der Waals surface area contributed by atoms with Gasteiger partial charge in [-0.2, -0.15) is 0 Å². The molecule has 168 valence electrons. The molecule has 8 heteroatoms. The van der Waals surface area contributed by atoms with Crippen LogP contribution in [0.15, 0.2) is 54.7 Å². The molecule has 6 nitrogen and oxygen atoms in total. The van der Waals surface area contributed by atoms with Crippen molar-refractivity contribution in [2.45, 2.75) is 13.0 Å². The second-order valence-corrected chi connectivity index (χ2v) is 7.61. The molecule has 0 radical (unpaired) electrons. The summed E-state index contributed by atoms with van der Waals surface area (Å²) in [5.74, 6) is -1.23. The zero-order valence-electron chi connectivity index (χ0n) is 18.1. The normalized spacial score (nSPS) is 10.9. The molecule has 0 fully saturated rings. The van der Waals surface area contributed by atoms with E-state index in [1.165, 1.54) is 24.4 Å². The highest BCUT2D eigenvalue weighted by molar-refractivity contribution is 5.98. The topological polar surface area (TPSA) is 80.5 Å². The first-order chi connectivity index (χ1) is 15.3. The summed E-state index contributed by atoms with van der Waals surface area (Å²) in [7, 11) is 3.97. The molecule has 3 aromatic rings. The van der Waals surface area contributed by atoms with Crippen molar-refractivity contribution in [3.63, 3.8) is 0 Å². The third-order valence-electron chi connectivity index (χ3n) is 4.86. The van der Waals surface area contributed by atoms with Crippen LogP contribution in [0.2, 0.25) is 0 Å². The van der Waals surface area contributed by atoms with Crippen molar-refractivity contribution >= 4 is 11.6 Å². The third kappa shape index (κ3) is 6.24. The molecule has 1 aromatic heterocycles. The van der Waals surface area contributed by atoms with Gasteiger partial charge >= 0.3 is 0 Å². The molecular formula is C24H26F2N4O2. The van der Waals surface area contributed by atoms with E-state index in [0.717, 1.165) is 17.9 Å². The minimum Gasteiger partial charge on any atom is -0.492 e. The molecule has 1 amide bonds. The van der Waals surface area contributed by atoms with Crippen LogP contribution in [-0.2, 0) is 13.0 Å². The summed E-state index contributed by atoms with van der Waals surface area (Å²) in [6.45, 7) is 1.28. The Kier molecular flexibility index (Phi) is 7.72. The number of pyridine rings is 1. The van der Waals surface area contributed by atoms with Gasteiger partial charge in [-0.15, -0.1) is 0 Å². The Labute approximate surface area is 186 Å². The fourth-order valence-electron chi connectivity index (χ4n) is 3.08. The van der Waals surface area contributed by atoms with Crippen LogP contribution in [0.25, 0.3) is 0 Å². The van der Waals surface area contributed by atoms with Gasteiger partial charge in [0.05, 0.1) is 11.3 Å². The molecule has 0 bridgehead atoms. The number of primary amides is 1. The van der Waals surface area contributed by atoms with Gasteiger partial charge in [0.25, 0.3) is 5.91 Å². The second kappa shape index (κ2) is 10.7. The van der Waals surface area contributed by atoms with Gasteiger partial charge in [-0.1, -0.05) is 18.2 Å². The molecule has 3 N–H and O–H groups in total. The van der Waals surface area contributed by atoms with Gasteiger partial charge in [0.15, 0.2) is 0 Å². The maximum atomic E-state index is 13.9. The maximum Gasteiger partial charge on any atom is 0.252 e. The molecule has 0 aliphatic heterocycles. The Morgan fingerprint density at radius 3 is 2.44 bits per heavy atom. The molecule has 2 aromatic carbocycles. The van der Waals surface area contributed by atoms with Crippen LogP contribution in [0, 0.1) is 11.6 Å². The van der Waals surface area contributed by atoms with Crippen LogP contribution >= 0.6 is 0 Å². The van der Waals surface area contributed by atoms with E-state index in [-0.39, 0.29) is 17.7 Å². The number of carbonyl (C=O) groups is 1. The highest BCUT2D eigenvalue weighted by atomic mass is 19.1. The summed E-state index contributed by atoms with van der Waals surface area (Å²) in [5, 5.41) is 2.92. The number of rotatable bonds is 10. The molecule has 1 heterocycles. The van der Waals surface area contributed by atoms with Gasteiger partial charge in [0.2, 0.25) is 0 Å². The Morgan fingerprint density at radius 1 is 1.12 bits per heavy atom. The number of anilines is 1. The number of benzene rings is 2. The minimum atomic E-state index is -0.681. The molecule has 0 atom stereocenters. The minimum absolute atomic E-state index is 0.119. The number of amides is 1. The predicted molar refractivity (Wildman–Crippen MR) is 120 cm³/mol. The number of carbonyl (C=O) groups excluding carboxylic acids is 1. The molecule has 3 rings (SSSR count). The zero-order chi connectivity index (χ0) is 23.1. The lowest BCUT2D eigenvalue weighted by Gasteiger charge is -2.13. The number of aromatic nitrogens is 1. The quantitative estimate of drug-likeness (QED) is 0.504. The second-order valence-electron chi connectivity index (χ2n) is 7.61. The van der Waals surface area contributed by atoms with E-state index in [1.807, 2.05) is 43.3 Å².